The first-order chi connectivity index (χ1) is 8.58. The average Bonchev–Trinajstić information content (AvgIpc) is 2.64. The second kappa shape index (κ2) is 7.33. The lowest BCUT2D eigenvalue weighted by Crippen LogP contribution is -2.42. The zero-order valence-electron chi connectivity index (χ0n) is 11.2. The Morgan fingerprint density at radius 2 is 2.22 bits per heavy atom. The van der Waals surface area contributed by atoms with Crippen molar-refractivity contribution in [2.45, 2.75) is 27.2 Å². The number of nitrogens with one attached hydrogen (secondary N) is 1. The number of nitrogens with zero attached hydrogens (tertiary/aromatic N) is 2. The molecule has 18 heavy (non-hydrogen) atoms. The van der Waals surface area contributed by atoms with Gasteiger partial charge in [0.05, 0.1) is 17.3 Å². The molecule has 1 aromatic heterocycles. The topological polar surface area (TPSA) is 65.5 Å². The maximum atomic E-state index is 11.7. The van der Waals surface area contributed by atoms with Crippen LogP contribution in [0, 0.1) is 13.8 Å². The highest BCUT2D eigenvalue weighted by atomic mass is 32.1. The van der Waals surface area contributed by atoms with Crippen LogP contribution in [0.4, 0.5) is 4.79 Å². The number of aliphatic hydroxyl groups excluding tert-OH is 1. The van der Waals surface area contributed by atoms with Crippen LogP contribution < -0.4 is 5.32 Å². The van der Waals surface area contributed by atoms with Crippen molar-refractivity contribution in [1.82, 2.24) is 15.2 Å². The molecule has 2 amide bonds. The Morgan fingerprint density at radius 3 is 2.72 bits per heavy atom. The van der Waals surface area contributed by atoms with Crippen molar-refractivity contribution >= 4 is 17.4 Å². The zero-order chi connectivity index (χ0) is 13.5. The third-order valence-electron chi connectivity index (χ3n) is 2.67. The van der Waals surface area contributed by atoms with Gasteiger partial charge < -0.3 is 15.3 Å². The number of likely N-dealkylation sites (N-methyl/N-ethyl adjacent to an activating group) is 1. The molecule has 6 heteroatoms. The van der Waals surface area contributed by atoms with Gasteiger partial charge in [0.1, 0.15) is 0 Å². The molecule has 102 valence electrons. The standard InChI is InChI=1S/C12H21N3O2S/c1-4-15(7-8-16)12(17)13-6-5-11-9(2)14-10(3)18-11/h16H,4-8H2,1-3H3,(H,13,17). The normalized spacial score (nSPS) is 10.4. The number of aryl methyl sites for hydroxylation is 2. The van der Waals surface area contributed by atoms with Gasteiger partial charge in [0.15, 0.2) is 0 Å². The van der Waals surface area contributed by atoms with Crippen LogP contribution in [0.5, 0.6) is 0 Å². The van der Waals surface area contributed by atoms with Gasteiger partial charge >= 0.3 is 6.03 Å². The van der Waals surface area contributed by atoms with E-state index in [1.54, 1.807) is 16.2 Å². The van der Waals surface area contributed by atoms with E-state index in [0.29, 0.717) is 19.6 Å². The molecule has 0 fully saturated rings. The Labute approximate surface area is 112 Å². The van der Waals surface area contributed by atoms with Gasteiger partial charge in [-0.3, -0.25) is 0 Å². The van der Waals surface area contributed by atoms with Crippen LogP contribution >= 0.6 is 11.3 Å². The number of urea groups is 1. The van der Waals surface area contributed by atoms with Crippen molar-refractivity contribution in [2.24, 2.45) is 0 Å². The molecule has 0 aliphatic heterocycles. The summed E-state index contributed by atoms with van der Waals surface area (Å²) in [5.74, 6) is 0. The van der Waals surface area contributed by atoms with Crippen molar-refractivity contribution in [3.8, 4) is 0 Å². The summed E-state index contributed by atoms with van der Waals surface area (Å²) in [5.41, 5.74) is 1.05. The predicted molar refractivity (Wildman–Crippen MR) is 73.0 cm³/mol. The third kappa shape index (κ3) is 4.27. The second-order valence-electron chi connectivity index (χ2n) is 4.03. The number of hydrogen-bond donors (Lipinski definition) is 2. The fourth-order valence-electron chi connectivity index (χ4n) is 1.72. The molecule has 0 unspecified atom stereocenters. The minimum atomic E-state index is -0.120. The van der Waals surface area contributed by atoms with Crippen molar-refractivity contribution in [3.63, 3.8) is 0 Å². The van der Waals surface area contributed by atoms with E-state index in [2.05, 4.69) is 10.3 Å². The van der Waals surface area contributed by atoms with Gasteiger partial charge in [-0.25, -0.2) is 9.78 Å². The molecule has 0 saturated heterocycles. The van der Waals surface area contributed by atoms with Gasteiger partial charge in [0, 0.05) is 30.9 Å². The van der Waals surface area contributed by atoms with E-state index in [1.165, 1.54) is 4.88 Å². The van der Waals surface area contributed by atoms with Crippen LogP contribution in [-0.2, 0) is 6.42 Å². The summed E-state index contributed by atoms with van der Waals surface area (Å²) >= 11 is 1.67. The molecule has 0 aliphatic carbocycles. The summed E-state index contributed by atoms with van der Waals surface area (Å²) in [6.45, 7) is 7.44. The summed E-state index contributed by atoms with van der Waals surface area (Å²) in [6.07, 6.45) is 0.805. The predicted octanol–water partition coefficient (Wildman–Crippen LogP) is 1.33. The van der Waals surface area contributed by atoms with E-state index in [0.717, 1.165) is 17.1 Å². The molecule has 0 saturated carbocycles. The number of carbonyl (C=O) groups excluding carboxylic acids is 1. The van der Waals surface area contributed by atoms with Gasteiger partial charge in [-0.15, -0.1) is 11.3 Å². The molecule has 0 atom stereocenters. The Bertz CT molecular complexity index is 393. The minimum absolute atomic E-state index is 0.00555. The highest BCUT2D eigenvalue weighted by Gasteiger charge is 2.10. The Hall–Kier alpha value is -1.14. The lowest BCUT2D eigenvalue weighted by atomic mass is 10.3. The van der Waals surface area contributed by atoms with Gasteiger partial charge in [-0.2, -0.15) is 0 Å². The summed E-state index contributed by atoms with van der Waals surface area (Å²) in [6, 6.07) is -0.120. The summed E-state index contributed by atoms with van der Waals surface area (Å²) in [5, 5.41) is 12.7. The van der Waals surface area contributed by atoms with Crippen LogP contribution in [-0.4, -0.2) is 47.3 Å². The van der Waals surface area contributed by atoms with Crippen LogP contribution in [0.15, 0.2) is 0 Å². The molecule has 0 bridgehead atoms. The van der Waals surface area contributed by atoms with Crippen molar-refractivity contribution in [1.29, 1.82) is 0 Å². The number of aromatic nitrogens is 1. The van der Waals surface area contributed by atoms with Crippen molar-refractivity contribution in [3.05, 3.63) is 15.6 Å². The molecule has 0 radical (unpaired) electrons. The molecule has 0 aliphatic rings. The van der Waals surface area contributed by atoms with E-state index >= 15 is 0 Å². The Morgan fingerprint density at radius 1 is 1.50 bits per heavy atom. The zero-order valence-corrected chi connectivity index (χ0v) is 12.0. The summed E-state index contributed by atoms with van der Waals surface area (Å²) in [7, 11) is 0. The first-order valence-corrected chi connectivity index (χ1v) is 6.96. The number of amides is 2. The van der Waals surface area contributed by atoms with E-state index < -0.39 is 0 Å². The minimum Gasteiger partial charge on any atom is -0.395 e. The van der Waals surface area contributed by atoms with Crippen molar-refractivity contribution < 1.29 is 9.90 Å². The lowest BCUT2D eigenvalue weighted by molar-refractivity contribution is 0.180. The fraction of sp³-hybridized carbons (Fsp3) is 0.667. The van der Waals surface area contributed by atoms with Gasteiger partial charge in [0.2, 0.25) is 0 Å². The Balaban J connectivity index is 2.37. The average molecular weight is 271 g/mol. The van der Waals surface area contributed by atoms with E-state index in [-0.39, 0.29) is 12.6 Å². The number of thiazole rings is 1. The molecular formula is C12H21N3O2S. The number of rotatable bonds is 6. The number of aliphatic hydroxyl groups is 1. The number of hydrogen-bond acceptors (Lipinski definition) is 4. The van der Waals surface area contributed by atoms with Gasteiger partial charge in [-0.05, 0) is 20.8 Å². The first kappa shape index (κ1) is 14.9. The third-order valence-corrected chi connectivity index (χ3v) is 3.80. The molecule has 0 spiro atoms. The number of carbonyl (C=O) groups is 1. The van der Waals surface area contributed by atoms with E-state index in [1.807, 2.05) is 20.8 Å². The lowest BCUT2D eigenvalue weighted by Gasteiger charge is -2.20. The molecule has 2 N–H and O–H groups in total. The molecular weight excluding hydrogens is 250 g/mol. The van der Waals surface area contributed by atoms with Crippen LogP contribution in [0.3, 0.4) is 0 Å². The maximum absolute atomic E-state index is 11.7. The molecule has 1 heterocycles. The monoisotopic (exact) mass is 271 g/mol. The largest absolute Gasteiger partial charge is 0.395 e. The summed E-state index contributed by atoms with van der Waals surface area (Å²) < 4.78 is 0. The Kier molecular flexibility index (Phi) is 6.07. The smallest absolute Gasteiger partial charge is 0.317 e. The highest BCUT2D eigenvalue weighted by molar-refractivity contribution is 7.11. The second-order valence-corrected chi connectivity index (χ2v) is 5.31. The van der Waals surface area contributed by atoms with E-state index in [4.69, 9.17) is 5.11 Å². The first-order valence-electron chi connectivity index (χ1n) is 6.15. The van der Waals surface area contributed by atoms with Crippen molar-refractivity contribution in [2.75, 3.05) is 26.2 Å². The summed E-state index contributed by atoms with van der Waals surface area (Å²) in [4.78, 5) is 18.9. The highest BCUT2D eigenvalue weighted by Crippen LogP contribution is 2.16. The van der Waals surface area contributed by atoms with Crippen LogP contribution in [0.2, 0.25) is 0 Å². The maximum Gasteiger partial charge on any atom is 0.317 e. The van der Waals surface area contributed by atoms with Crippen LogP contribution in [0.25, 0.3) is 0 Å². The fourth-order valence-corrected chi connectivity index (χ4v) is 2.66. The van der Waals surface area contributed by atoms with Gasteiger partial charge in [0.25, 0.3) is 0 Å². The quantitative estimate of drug-likeness (QED) is 0.820. The molecule has 5 nitrogen and oxygen atoms in total. The molecule has 1 rings (SSSR count). The van der Waals surface area contributed by atoms with Gasteiger partial charge in [-0.1, -0.05) is 0 Å². The molecule has 1 aromatic rings. The van der Waals surface area contributed by atoms with Crippen LogP contribution in [0.1, 0.15) is 22.5 Å². The van der Waals surface area contributed by atoms with E-state index in [9.17, 15) is 4.79 Å². The molecule has 0 aromatic carbocycles. The SMILES string of the molecule is CCN(CCO)C(=O)NCCc1sc(C)nc1C.